The lowest BCUT2D eigenvalue weighted by Crippen LogP contribution is -2.47. The van der Waals surface area contributed by atoms with Gasteiger partial charge in [0.1, 0.15) is 0 Å². The molecule has 0 radical (unpaired) electrons. The number of rotatable bonds is 3. The monoisotopic (exact) mass is 204 g/mol. The second-order valence-corrected chi connectivity index (χ2v) is 4.82. The summed E-state index contributed by atoms with van der Waals surface area (Å²) in [6.45, 7) is 4.15. The summed E-state index contributed by atoms with van der Waals surface area (Å²) < 4.78 is 0. The van der Waals surface area contributed by atoms with Crippen LogP contribution < -0.4 is 0 Å². The molecule has 80 valence electrons. The zero-order valence-corrected chi connectivity index (χ0v) is 9.16. The molecule has 0 bridgehead atoms. The smallest absolute Gasteiger partial charge is 0.314 e. The molecule has 1 N–H and O–H groups in total. The number of aliphatic carboxylic acids is 1. The highest BCUT2D eigenvalue weighted by molar-refractivity contribution is 5.85. The van der Waals surface area contributed by atoms with Gasteiger partial charge in [-0.25, -0.2) is 0 Å². The molecule has 2 nitrogen and oxygen atoms in total. The summed E-state index contributed by atoms with van der Waals surface area (Å²) in [6, 6.07) is 7.88. The Kier molecular flexibility index (Phi) is 2.29. The van der Waals surface area contributed by atoms with E-state index in [0.29, 0.717) is 12.3 Å². The van der Waals surface area contributed by atoms with E-state index in [1.165, 1.54) is 5.56 Å². The molecular weight excluding hydrogens is 188 g/mol. The Morgan fingerprint density at radius 3 is 2.67 bits per heavy atom. The first-order valence-corrected chi connectivity index (χ1v) is 5.38. The van der Waals surface area contributed by atoms with Crippen LogP contribution in [0.1, 0.15) is 31.4 Å². The van der Waals surface area contributed by atoms with Crippen molar-refractivity contribution in [2.45, 2.75) is 32.1 Å². The third kappa shape index (κ3) is 1.44. The molecule has 0 saturated carbocycles. The molecule has 0 aliphatic heterocycles. The molecule has 2 heteroatoms. The van der Waals surface area contributed by atoms with Gasteiger partial charge in [-0.2, -0.15) is 0 Å². The highest BCUT2D eigenvalue weighted by Gasteiger charge is 2.49. The van der Waals surface area contributed by atoms with Crippen LogP contribution in [0.15, 0.2) is 24.3 Å². The Morgan fingerprint density at radius 2 is 2.13 bits per heavy atom. The van der Waals surface area contributed by atoms with Crippen LogP contribution in [0.25, 0.3) is 0 Å². The summed E-state index contributed by atoms with van der Waals surface area (Å²) in [5, 5.41) is 9.38. The quantitative estimate of drug-likeness (QED) is 0.821. The van der Waals surface area contributed by atoms with Gasteiger partial charge in [0.05, 0.1) is 5.41 Å². The number of benzene rings is 1. The van der Waals surface area contributed by atoms with Gasteiger partial charge < -0.3 is 5.11 Å². The van der Waals surface area contributed by atoms with Crippen LogP contribution in [0, 0.1) is 5.92 Å². The molecule has 2 rings (SSSR count). The summed E-state index contributed by atoms with van der Waals surface area (Å²) in [7, 11) is 0. The number of hydrogen-bond acceptors (Lipinski definition) is 1. The Morgan fingerprint density at radius 1 is 1.47 bits per heavy atom. The lowest BCUT2D eigenvalue weighted by atomic mass is 9.60. The second kappa shape index (κ2) is 3.37. The molecule has 0 spiro atoms. The maximum Gasteiger partial charge on any atom is 0.314 e. The Hall–Kier alpha value is -1.31. The minimum atomic E-state index is -0.671. The van der Waals surface area contributed by atoms with E-state index in [1.807, 2.05) is 24.3 Å². The number of hydrogen-bond donors (Lipinski definition) is 1. The van der Waals surface area contributed by atoms with E-state index < -0.39 is 11.4 Å². The van der Waals surface area contributed by atoms with Gasteiger partial charge in [-0.3, -0.25) is 4.79 Å². The highest BCUT2D eigenvalue weighted by atomic mass is 16.4. The SMILES string of the molecule is CC(C)CC1(C(=O)O)Cc2ccccc21. The summed E-state index contributed by atoms with van der Waals surface area (Å²) in [6.07, 6.45) is 1.43. The van der Waals surface area contributed by atoms with Gasteiger partial charge in [0.25, 0.3) is 0 Å². The largest absolute Gasteiger partial charge is 0.481 e. The molecule has 1 unspecified atom stereocenters. The maximum atomic E-state index is 11.4. The molecule has 1 aromatic rings. The average Bonchev–Trinajstić information content (AvgIpc) is 2.13. The molecule has 15 heavy (non-hydrogen) atoms. The van der Waals surface area contributed by atoms with Gasteiger partial charge in [0.15, 0.2) is 0 Å². The summed E-state index contributed by atoms with van der Waals surface area (Å²) in [4.78, 5) is 11.4. The molecule has 0 aromatic heterocycles. The van der Waals surface area contributed by atoms with Crippen LogP contribution in [-0.4, -0.2) is 11.1 Å². The number of fused-ring (bicyclic) bond motifs is 1. The fourth-order valence-electron chi connectivity index (χ4n) is 2.61. The van der Waals surface area contributed by atoms with E-state index in [9.17, 15) is 9.90 Å². The fourth-order valence-corrected chi connectivity index (χ4v) is 2.61. The maximum absolute atomic E-state index is 11.4. The van der Waals surface area contributed by atoms with Crippen LogP contribution >= 0.6 is 0 Å². The third-order valence-corrected chi connectivity index (χ3v) is 3.19. The standard InChI is InChI=1S/C13H16O2/c1-9(2)7-13(12(14)15)8-10-5-3-4-6-11(10)13/h3-6,9H,7-8H2,1-2H3,(H,14,15). The van der Waals surface area contributed by atoms with Crippen molar-refractivity contribution in [3.8, 4) is 0 Å². The van der Waals surface area contributed by atoms with Crippen molar-refractivity contribution < 1.29 is 9.90 Å². The number of carbonyl (C=O) groups is 1. The lowest BCUT2D eigenvalue weighted by Gasteiger charge is -2.41. The first-order valence-electron chi connectivity index (χ1n) is 5.38. The highest BCUT2D eigenvalue weighted by Crippen LogP contribution is 2.45. The van der Waals surface area contributed by atoms with Crippen LogP contribution in [0.5, 0.6) is 0 Å². The molecule has 1 aliphatic rings. The molecule has 1 aliphatic carbocycles. The lowest BCUT2D eigenvalue weighted by molar-refractivity contribution is -0.145. The minimum absolute atomic E-state index is 0.412. The molecule has 0 heterocycles. The van der Waals surface area contributed by atoms with Gasteiger partial charge in [-0.05, 0) is 29.9 Å². The predicted octanol–water partition coefficient (Wildman–Crippen LogP) is 2.61. The van der Waals surface area contributed by atoms with Gasteiger partial charge in [0.2, 0.25) is 0 Å². The van der Waals surface area contributed by atoms with E-state index in [0.717, 1.165) is 12.0 Å². The van der Waals surface area contributed by atoms with Gasteiger partial charge in [-0.1, -0.05) is 38.1 Å². The topological polar surface area (TPSA) is 37.3 Å². The van der Waals surface area contributed by atoms with Crippen LogP contribution in [-0.2, 0) is 16.6 Å². The van der Waals surface area contributed by atoms with Crippen molar-refractivity contribution in [2.75, 3.05) is 0 Å². The Balaban J connectivity index is 2.38. The van der Waals surface area contributed by atoms with Crippen molar-refractivity contribution in [3.05, 3.63) is 35.4 Å². The van der Waals surface area contributed by atoms with Crippen LogP contribution in [0.3, 0.4) is 0 Å². The average molecular weight is 204 g/mol. The van der Waals surface area contributed by atoms with Crippen molar-refractivity contribution in [1.29, 1.82) is 0 Å². The van der Waals surface area contributed by atoms with E-state index in [-0.39, 0.29) is 0 Å². The molecule has 0 amide bonds. The molecule has 1 aromatic carbocycles. The van der Waals surface area contributed by atoms with E-state index in [2.05, 4.69) is 13.8 Å². The summed E-state index contributed by atoms with van der Waals surface area (Å²) in [5.74, 6) is -0.260. The molecule has 0 fully saturated rings. The van der Waals surface area contributed by atoms with Crippen LogP contribution in [0.2, 0.25) is 0 Å². The predicted molar refractivity (Wildman–Crippen MR) is 58.9 cm³/mol. The molecular formula is C13H16O2. The fraction of sp³-hybridized carbons (Fsp3) is 0.462. The number of carboxylic acids is 1. The van der Waals surface area contributed by atoms with Crippen molar-refractivity contribution in [3.63, 3.8) is 0 Å². The van der Waals surface area contributed by atoms with Gasteiger partial charge in [0, 0.05) is 0 Å². The second-order valence-electron chi connectivity index (χ2n) is 4.82. The zero-order chi connectivity index (χ0) is 11.1. The van der Waals surface area contributed by atoms with E-state index in [4.69, 9.17) is 0 Å². The Labute approximate surface area is 89.9 Å². The molecule has 1 atom stereocenters. The van der Waals surface area contributed by atoms with E-state index in [1.54, 1.807) is 0 Å². The number of carboxylic acid groups (broad SMARTS) is 1. The summed E-state index contributed by atoms with van der Waals surface area (Å²) >= 11 is 0. The Bertz CT molecular complexity index is 395. The molecule has 0 saturated heterocycles. The normalized spacial score (nSPS) is 23.4. The van der Waals surface area contributed by atoms with Crippen molar-refractivity contribution >= 4 is 5.97 Å². The van der Waals surface area contributed by atoms with E-state index >= 15 is 0 Å². The first-order chi connectivity index (χ1) is 7.06. The van der Waals surface area contributed by atoms with Crippen molar-refractivity contribution in [1.82, 2.24) is 0 Å². The zero-order valence-electron chi connectivity index (χ0n) is 9.16. The van der Waals surface area contributed by atoms with Crippen LogP contribution in [0.4, 0.5) is 0 Å². The summed E-state index contributed by atoms with van der Waals surface area (Å²) in [5.41, 5.74) is 1.61. The van der Waals surface area contributed by atoms with Crippen molar-refractivity contribution in [2.24, 2.45) is 5.92 Å². The van der Waals surface area contributed by atoms with Gasteiger partial charge >= 0.3 is 5.97 Å². The minimum Gasteiger partial charge on any atom is -0.481 e. The first kappa shape index (κ1) is 10.2. The third-order valence-electron chi connectivity index (χ3n) is 3.19. The van der Waals surface area contributed by atoms with Gasteiger partial charge in [-0.15, -0.1) is 0 Å².